The number of amides is 1. The minimum Gasteiger partial charge on any atom is -0.493 e. The second-order valence-electron chi connectivity index (χ2n) is 9.38. The van der Waals surface area contributed by atoms with Crippen LogP contribution in [0.4, 0.5) is 8.78 Å². The highest BCUT2D eigenvalue weighted by molar-refractivity contribution is 5.90. The Morgan fingerprint density at radius 2 is 1.73 bits per heavy atom. The number of nitrogens with zero attached hydrogens (tertiary/aromatic N) is 2. The van der Waals surface area contributed by atoms with Gasteiger partial charge in [-0.2, -0.15) is 8.78 Å². The molecule has 8 nitrogen and oxygen atoms in total. The quantitative estimate of drug-likeness (QED) is 0.305. The number of likely N-dealkylation sites (tertiary alicyclic amines) is 1. The van der Waals surface area contributed by atoms with Gasteiger partial charge >= 0.3 is 11.9 Å². The van der Waals surface area contributed by atoms with Crippen molar-refractivity contribution in [1.29, 1.82) is 0 Å². The predicted octanol–water partition coefficient (Wildman–Crippen LogP) is 5.11. The van der Waals surface area contributed by atoms with Crippen LogP contribution in [0.25, 0.3) is 0 Å². The maximum atomic E-state index is 15.6. The van der Waals surface area contributed by atoms with Crippen LogP contribution in [0.15, 0.2) is 67.0 Å². The smallest absolute Gasteiger partial charge is 0.350 e. The SMILES string of the molecule is COc1cc(C(F)(F)C(=O)N2CCC[C@H]2C(=O)OC(CCc2cccnc2)c2ccccc2)cc(OC)c1OC. The number of esters is 1. The second kappa shape index (κ2) is 12.8. The first-order chi connectivity index (χ1) is 19.3. The van der Waals surface area contributed by atoms with Crippen molar-refractivity contribution >= 4 is 11.9 Å². The molecule has 1 unspecified atom stereocenters. The topological polar surface area (TPSA) is 87.2 Å². The van der Waals surface area contributed by atoms with Crippen molar-refractivity contribution in [3.05, 3.63) is 83.7 Å². The molecule has 0 N–H and O–H groups in total. The average molecular weight is 555 g/mol. The Hall–Kier alpha value is -4.21. The molecule has 1 aliphatic rings. The Balaban J connectivity index is 1.54. The molecular formula is C30H32F2N2O6. The summed E-state index contributed by atoms with van der Waals surface area (Å²) in [6, 6.07) is 13.9. The van der Waals surface area contributed by atoms with Gasteiger partial charge in [0.05, 0.1) is 21.3 Å². The monoisotopic (exact) mass is 554 g/mol. The number of carbonyl (C=O) groups excluding carboxylic acids is 2. The Kier molecular flexibility index (Phi) is 9.19. The summed E-state index contributed by atoms with van der Waals surface area (Å²) in [6.45, 7) is 0.00427. The first-order valence-corrected chi connectivity index (χ1v) is 12.9. The van der Waals surface area contributed by atoms with Gasteiger partial charge in [-0.1, -0.05) is 36.4 Å². The van der Waals surface area contributed by atoms with E-state index in [1.165, 1.54) is 21.3 Å². The normalized spacial score (nSPS) is 15.8. The molecule has 10 heteroatoms. The number of pyridine rings is 1. The maximum Gasteiger partial charge on any atom is 0.350 e. The molecule has 0 spiro atoms. The molecule has 0 aliphatic carbocycles. The fraction of sp³-hybridized carbons (Fsp3) is 0.367. The molecule has 1 aliphatic heterocycles. The molecule has 1 aromatic heterocycles. The van der Waals surface area contributed by atoms with Crippen LogP contribution in [0.2, 0.25) is 0 Å². The van der Waals surface area contributed by atoms with E-state index >= 15 is 8.78 Å². The summed E-state index contributed by atoms with van der Waals surface area (Å²) in [6.07, 6.45) is 4.46. The van der Waals surface area contributed by atoms with E-state index in [1.54, 1.807) is 12.4 Å². The largest absolute Gasteiger partial charge is 0.493 e. The van der Waals surface area contributed by atoms with Gasteiger partial charge in [0.15, 0.2) is 11.5 Å². The van der Waals surface area contributed by atoms with Crippen LogP contribution in [-0.4, -0.2) is 55.7 Å². The molecule has 1 fully saturated rings. The van der Waals surface area contributed by atoms with E-state index in [-0.39, 0.29) is 30.2 Å². The van der Waals surface area contributed by atoms with E-state index in [4.69, 9.17) is 18.9 Å². The third kappa shape index (κ3) is 6.16. The summed E-state index contributed by atoms with van der Waals surface area (Å²) in [7, 11) is 3.94. The number of halogens is 2. The van der Waals surface area contributed by atoms with E-state index in [0.717, 1.165) is 28.2 Å². The van der Waals surface area contributed by atoms with Crippen LogP contribution < -0.4 is 14.2 Å². The number of benzene rings is 2. The van der Waals surface area contributed by atoms with E-state index < -0.39 is 35.5 Å². The van der Waals surface area contributed by atoms with Crippen molar-refractivity contribution in [2.75, 3.05) is 27.9 Å². The highest BCUT2D eigenvalue weighted by atomic mass is 19.3. The van der Waals surface area contributed by atoms with Gasteiger partial charge in [-0.15, -0.1) is 0 Å². The number of carbonyl (C=O) groups is 2. The molecular weight excluding hydrogens is 522 g/mol. The molecule has 0 saturated carbocycles. The summed E-state index contributed by atoms with van der Waals surface area (Å²) >= 11 is 0. The Labute approximate surface area is 231 Å². The third-order valence-electron chi connectivity index (χ3n) is 6.93. The molecule has 0 bridgehead atoms. The molecule has 1 amide bonds. The van der Waals surface area contributed by atoms with Crippen LogP contribution in [0.1, 0.15) is 42.1 Å². The molecule has 2 heterocycles. The molecule has 40 heavy (non-hydrogen) atoms. The maximum absolute atomic E-state index is 15.6. The summed E-state index contributed by atoms with van der Waals surface area (Å²) in [5.74, 6) is -6.08. The number of aromatic nitrogens is 1. The van der Waals surface area contributed by atoms with Crippen molar-refractivity contribution in [2.24, 2.45) is 0 Å². The van der Waals surface area contributed by atoms with Crippen molar-refractivity contribution in [3.8, 4) is 17.2 Å². The number of aryl methyl sites for hydroxylation is 1. The molecule has 2 aromatic carbocycles. The molecule has 212 valence electrons. The lowest BCUT2D eigenvalue weighted by Crippen LogP contribution is -2.48. The lowest BCUT2D eigenvalue weighted by molar-refractivity contribution is -0.169. The summed E-state index contributed by atoms with van der Waals surface area (Å²) in [5.41, 5.74) is 1.12. The first kappa shape index (κ1) is 28.8. The van der Waals surface area contributed by atoms with Gasteiger partial charge in [-0.25, -0.2) is 4.79 Å². The van der Waals surface area contributed by atoms with E-state index in [0.29, 0.717) is 19.3 Å². The molecule has 1 saturated heterocycles. The summed E-state index contributed by atoms with van der Waals surface area (Å²) in [5, 5.41) is 0. The zero-order valence-corrected chi connectivity index (χ0v) is 22.6. The van der Waals surface area contributed by atoms with E-state index in [2.05, 4.69) is 4.98 Å². The third-order valence-corrected chi connectivity index (χ3v) is 6.93. The number of rotatable bonds is 11. The van der Waals surface area contributed by atoms with Crippen LogP contribution >= 0.6 is 0 Å². The summed E-state index contributed by atoms with van der Waals surface area (Å²) < 4.78 is 52.7. The number of alkyl halides is 2. The average Bonchev–Trinajstić information content (AvgIpc) is 3.49. The Morgan fingerprint density at radius 1 is 1.02 bits per heavy atom. The van der Waals surface area contributed by atoms with Gasteiger partial charge < -0.3 is 23.8 Å². The zero-order chi connectivity index (χ0) is 28.7. The summed E-state index contributed by atoms with van der Waals surface area (Å²) in [4.78, 5) is 31.7. The second-order valence-corrected chi connectivity index (χ2v) is 9.38. The fourth-order valence-corrected chi connectivity index (χ4v) is 4.84. The number of methoxy groups -OCH3 is 3. The van der Waals surface area contributed by atoms with Gasteiger partial charge in [0.2, 0.25) is 5.75 Å². The van der Waals surface area contributed by atoms with Crippen molar-refractivity contribution in [2.45, 2.75) is 43.8 Å². The first-order valence-electron chi connectivity index (χ1n) is 12.9. The Morgan fingerprint density at radius 3 is 2.33 bits per heavy atom. The predicted molar refractivity (Wildman–Crippen MR) is 143 cm³/mol. The van der Waals surface area contributed by atoms with Crippen LogP contribution in [0.3, 0.4) is 0 Å². The van der Waals surface area contributed by atoms with Crippen LogP contribution in [0.5, 0.6) is 17.2 Å². The highest BCUT2D eigenvalue weighted by Crippen LogP contribution is 2.43. The number of hydrogen-bond acceptors (Lipinski definition) is 7. The fourth-order valence-electron chi connectivity index (χ4n) is 4.84. The van der Waals surface area contributed by atoms with Crippen molar-refractivity contribution in [3.63, 3.8) is 0 Å². The zero-order valence-electron chi connectivity index (χ0n) is 22.6. The minimum absolute atomic E-state index is 0.00427. The van der Waals surface area contributed by atoms with Crippen molar-refractivity contribution < 1.29 is 37.3 Å². The van der Waals surface area contributed by atoms with Gasteiger partial charge in [0.25, 0.3) is 5.91 Å². The van der Waals surface area contributed by atoms with E-state index in [9.17, 15) is 9.59 Å². The van der Waals surface area contributed by atoms with Gasteiger partial charge in [0, 0.05) is 24.5 Å². The minimum atomic E-state index is -3.96. The molecule has 0 radical (unpaired) electrons. The lowest BCUT2D eigenvalue weighted by Gasteiger charge is -2.29. The molecule has 2 atom stereocenters. The highest BCUT2D eigenvalue weighted by Gasteiger charge is 2.49. The lowest BCUT2D eigenvalue weighted by atomic mass is 10.0. The van der Waals surface area contributed by atoms with Gasteiger partial charge in [0.1, 0.15) is 12.1 Å². The standard InChI is InChI=1S/C30H32F2N2O6/c1-37-25-17-22(18-26(38-2)27(25)39-3)30(31,32)29(36)34-16-8-12-23(34)28(35)40-24(21-10-5-4-6-11-21)14-13-20-9-7-15-33-19-20/h4-7,9-11,15,17-19,23-24H,8,12-14,16H2,1-3H3/t23-,24?/m0/s1. The van der Waals surface area contributed by atoms with Crippen LogP contribution in [0, 0.1) is 0 Å². The molecule has 3 aromatic rings. The van der Waals surface area contributed by atoms with Gasteiger partial charge in [-0.3, -0.25) is 9.78 Å². The number of ether oxygens (including phenoxy) is 4. The van der Waals surface area contributed by atoms with Crippen molar-refractivity contribution in [1.82, 2.24) is 9.88 Å². The Bertz CT molecular complexity index is 1280. The number of hydrogen-bond donors (Lipinski definition) is 0. The van der Waals surface area contributed by atoms with Gasteiger partial charge in [-0.05, 0) is 55.0 Å². The van der Waals surface area contributed by atoms with Crippen LogP contribution in [-0.2, 0) is 26.7 Å². The van der Waals surface area contributed by atoms with E-state index in [1.807, 2.05) is 42.5 Å². The molecule has 4 rings (SSSR count).